The maximum absolute atomic E-state index is 12.3. The van der Waals surface area contributed by atoms with Crippen LogP contribution >= 0.6 is 23.4 Å². The van der Waals surface area contributed by atoms with Crippen LogP contribution in [-0.4, -0.2) is 22.2 Å². The van der Waals surface area contributed by atoms with Crippen LogP contribution in [0.25, 0.3) is 17.4 Å². The van der Waals surface area contributed by atoms with E-state index in [2.05, 4.69) is 10.3 Å². The molecule has 0 bridgehead atoms. The number of nitrogens with zero attached hydrogens (tertiary/aromatic N) is 1. The van der Waals surface area contributed by atoms with Gasteiger partial charge in [-0.05, 0) is 48.2 Å². The van der Waals surface area contributed by atoms with Crippen LogP contribution in [0, 0.1) is 0 Å². The van der Waals surface area contributed by atoms with Crippen molar-refractivity contribution >= 4 is 52.2 Å². The second-order valence-electron chi connectivity index (χ2n) is 6.02. The number of aromatic carboxylic acids is 1. The second-order valence-corrected chi connectivity index (χ2v) is 7.48. The van der Waals surface area contributed by atoms with Crippen molar-refractivity contribution in [1.29, 1.82) is 0 Å². The van der Waals surface area contributed by atoms with Crippen molar-refractivity contribution in [3.63, 3.8) is 0 Å². The quantitative estimate of drug-likeness (QED) is 0.562. The third kappa shape index (κ3) is 4.26. The average molecular weight is 425 g/mol. The number of para-hydroxylation sites is 1. The summed E-state index contributed by atoms with van der Waals surface area (Å²) in [7, 11) is 0. The van der Waals surface area contributed by atoms with E-state index in [0.717, 1.165) is 17.3 Å². The fourth-order valence-corrected chi connectivity index (χ4v) is 3.70. The highest BCUT2D eigenvalue weighted by Gasteiger charge is 2.25. The maximum Gasteiger partial charge on any atom is 0.337 e. The fraction of sp³-hybridized carbons (Fsp3) is 0. The van der Waals surface area contributed by atoms with Crippen LogP contribution in [0.2, 0.25) is 5.02 Å². The van der Waals surface area contributed by atoms with Gasteiger partial charge in [-0.3, -0.25) is 4.79 Å². The second kappa shape index (κ2) is 7.98. The Kier molecular flexibility index (Phi) is 5.24. The summed E-state index contributed by atoms with van der Waals surface area (Å²) in [5.41, 5.74) is 1.16. The van der Waals surface area contributed by atoms with E-state index in [9.17, 15) is 14.7 Å². The van der Waals surface area contributed by atoms with Gasteiger partial charge >= 0.3 is 5.97 Å². The van der Waals surface area contributed by atoms with E-state index in [1.54, 1.807) is 48.5 Å². The number of hydrogen-bond donors (Lipinski definition) is 2. The number of amidine groups is 1. The molecule has 1 fully saturated rings. The first kappa shape index (κ1) is 19.0. The Balaban J connectivity index is 1.58. The number of hydrogen-bond acceptors (Lipinski definition) is 5. The number of rotatable bonds is 4. The molecule has 0 spiro atoms. The van der Waals surface area contributed by atoms with Crippen molar-refractivity contribution in [2.75, 3.05) is 0 Å². The first-order chi connectivity index (χ1) is 14.0. The van der Waals surface area contributed by atoms with Gasteiger partial charge in [-0.2, -0.15) is 0 Å². The predicted molar refractivity (Wildman–Crippen MR) is 113 cm³/mol. The molecule has 0 unspecified atom stereocenters. The molecular weight excluding hydrogens is 412 g/mol. The highest BCUT2D eigenvalue weighted by atomic mass is 35.5. The molecule has 8 heteroatoms. The maximum atomic E-state index is 12.3. The molecule has 3 aromatic rings. The first-order valence-corrected chi connectivity index (χ1v) is 9.67. The molecule has 1 amide bonds. The zero-order chi connectivity index (χ0) is 20.4. The Morgan fingerprint density at radius 3 is 2.76 bits per heavy atom. The normalized spacial score (nSPS) is 16.4. The van der Waals surface area contributed by atoms with Crippen LogP contribution in [0.3, 0.4) is 0 Å². The molecule has 2 N–H and O–H groups in total. The van der Waals surface area contributed by atoms with Crippen molar-refractivity contribution < 1.29 is 19.1 Å². The molecule has 144 valence electrons. The summed E-state index contributed by atoms with van der Waals surface area (Å²) in [6, 6.07) is 17.2. The molecule has 6 nitrogen and oxygen atoms in total. The molecule has 1 aliphatic heterocycles. The minimum absolute atomic E-state index is 0.0597. The van der Waals surface area contributed by atoms with Gasteiger partial charge in [0.1, 0.15) is 11.5 Å². The van der Waals surface area contributed by atoms with E-state index in [1.807, 2.05) is 12.1 Å². The lowest BCUT2D eigenvalue weighted by Gasteiger charge is -2.00. The summed E-state index contributed by atoms with van der Waals surface area (Å²) in [6.07, 6.45) is 1.61. The van der Waals surface area contributed by atoms with E-state index in [0.29, 0.717) is 26.6 Å². The first-order valence-electron chi connectivity index (χ1n) is 8.47. The molecule has 4 rings (SSSR count). The third-order valence-electron chi connectivity index (χ3n) is 4.02. The zero-order valence-electron chi connectivity index (χ0n) is 14.8. The Labute approximate surface area is 174 Å². The van der Waals surface area contributed by atoms with Gasteiger partial charge in [-0.25, -0.2) is 9.79 Å². The number of carboxylic acid groups (broad SMARTS) is 1. The predicted octanol–water partition coefficient (Wildman–Crippen LogP) is 5.19. The standard InChI is InChI=1S/C21H13ClN2O4S/c22-13-5-3-4-12(10-13)17-9-8-14(28-17)11-18-19(25)24-21(29-18)23-16-7-2-1-6-15(16)20(26)27/h1-11H,(H,26,27)(H,23,24,25)/b18-11+. The summed E-state index contributed by atoms with van der Waals surface area (Å²) >= 11 is 7.12. The van der Waals surface area contributed by atoms with Crippen LogP contribution in [0.15, 0.2) is 75.0 Å². The minimum atomic E-state index is -1.08. The van der Waals surface area contributed by atoms with Gasteiger partial charge in [0.2, 0.25) is 0 Å². The number of thioether (sulfide) groups is 1. The van der Waals surface area contributed by atoms with E-state index < -0.39 is 5.97 Å². The minimum Gasteiger partial charge on any atom is -0.478 e. The lowest BCUT2D eigenvalue weighted by atomic mass is 10.2. The SMILES string of the molecule is O=C1NC(=Nc2ccccc2C(=O)O)S/C1=C/c1ccc(-c2cccc(Cl)c2)o1. The van der Waals surface area contributed by atoms with Gasteiger partial charge in [0, 0.05) is 16.7 Å². The lowest BCUT2D eigenvalue weighted by Crippen LogP contribution is -2.19. The molecule has 29 heavy (non-hydrogen) atoms. The van der Waals surface area contributed by atoms with Gasteiger partial charge in [-0.15, -0.1) is 0 Å². The molecule has 0 aliphatic carbocycles. The Bertz CT molecular complexity index is 1180. The van der Waals surface area contributed by atoms with E-state index in [1.165, 1.54) is 6.07 Å². The van der Waals surface area contributed by atoms with Crippen molar-refractivity contribution in [3.8, 4) is 11.3 Å². The van der Waals surface area contributed by atoms with Gasteiger partial charge in [0.25, 0.3) is 5.91 Å². The molecule has 0 radical (unpaired) electrons. The van der Waals surface area contributed by atoms with Gasteiger partial charge in [0.05, 0.1) is 16.2 Å². The number of amides is 1. The number of carboxylic acids is 1. The highest BCUT2D eigenvalue weighted by molar-refractivity contribution is 8.18. The van der Waals surface area contributed by atoms with Crippen molar-refractivity contribution in [3.05, 3.63) is 81.9 Å². The molecule has 2 aromatic carbocycles. The molecular formula is C21H13ClN2O4S. The summed E-state index contributed by atoms with van der Waals surface area (Å²) in [6.45, 7) is 0. The van der Waals surface area contributed by atoms with E-state index in [-0.39, 0.29) is 17.2 Å². The number of nitrogens with one attached hydrogen (secondary N) is 1. The summed E-state index contributed by atoms with van der Waals surface area (Å²) in [5, 5.41) is 12.8. The van der Waals surface area contributed by atoms with Gasteiger partial charge in [-0.1, -0.05) is 35.9 Å². The van der Waals surface area contributed by atoms with Crippen LogP contribution in [0.4, 0.5) is 5.69 Å². The summed E-state index contributed by atoms with van der Waals surface area (Å²) in [4.78, 5) is 28.2. The summed E-state index contributed by atoms with van der Waals surface area (Å²) < 4.78 is 5.79. The van der Waals surface area contributed by atoms with Gasteiger partial charge in [0.15, 0.2) is 5.17 Å². The number of halogens is 1. The topological polar surface area (TPSA) is 91.9 Å². The highest BCUT2D eigenvalue weighted by Crippen LogP contribution is 2.31. The smallest absolute Gasteiger partial charge is 0.337 e. The van der Waals surface area contributed by atoms with Gasteiger partial charge < -0.3 is 14.8 Å². The summed E-state index contributed by atoms with van der Waals surface area (Å²) in [5.74, 6) is -0.279. The Morgan fingerprint density at radius 1 is 1.14 bits per heavy atom. The van der Waals surface area contributed by atoms with E-state index >= 15 is 0 Å². The van der Waals surface area contributed by atoms with Crippen molar-refractivity contribution in [1.82, 2.24) is 5.32 Å². The van der Waals surface area contributed by atoms with Crippen LogP contribution in [0.1, 0.15) is 16.1 Å². The molecule has 0 atom stereocenters. The number of aliphatic imine (C=N–C) groups is 1. The third-order valence-corrected chi connectivity index (χ3v) is 5.16. The average Bonchev–Trinajstić information content (AvgIpc) is 3.29. The molecule has 0 saturated carbocycles. The number of carbonyl (C=O) groups excluding carboxylic acids is 1. The molecule has 1 aliphatic rings. The zero-order valence-corrected chi connectivity index (χ0v) is 16.3. The number of furan rings is 1. The number of benzene rings is 2. The lowest BCUT2D eigenvalue weighted by molar-refractivity contribution is -0.115. The van der Waals surface area contributed by atoms with Crippen molar-refractivity contribution in [2.24, 2.45) is 4.99 Å². The van der Waals surface area contributed by atoms with Crippen LogP contribution in [0.5, 0.6) is 0 Å². The largest absolute Gasteiger partial charge is 0.478 e. The van der Waals surface area contributed by atoms with Crippen LogP contribution < -0.4 is 5.32 Å². The van der Waals surface area contributed by atoms with Crippen molar-refractivity contribution in [2.45, 2.75) is 0 Å². The molecule has 1 saturated heterocycles. The number of carbonyl (C=O) groups is 2. The monoisotopic (exact) mass is 424 g/mol. The molecule has 2 heterocycles. The van der Waals surface area contributed by atoms with Crippen LogP contribution in [-0.2, 0) is 4.79 Å². The molecule has 1 aromatic heterocycles. The fourth-order valence-electron chi connectivity index (χ4n) is 2.70. The van der Waals surface area contributed by atoms with E-state index in [4.69, 9.17) is 16.0 Å². The Morgan fingerprint density at radius 2 is 1.97 bits per heavy atom. The Hall–Kier alpha value is -3.29.